The van der Waals surface area contributed by atoms with Gasteiger partial charge in [-0.2, -0.15) is 0 Å². The Hall–Kier alpha value is -2.21. The molecule has 0 bridgehead atoms. The Labute approximate surface area is 125 Å². The number of methoxy groups -OCH3 is 2. The maximum Gasteiger partial charge on any atom is 0.233 e. The number of ketones is 2. The molecule has 0 atom stereocenters. The number of hydrogen-bond acceptors (Lipinski definition) is 6. The average molecular weight is 313 g/mol. The SMILES string of the molecule is CCc1c(O)c2c(c(O)c1OC)C(=O)C(Cl)=C(OC)C2=O. The van der Waals surface area contributed by atoms with Crippen molar-refractivity contribution in [2.75, 3.05) is 14.2 Å². The van der Waals surface area contributed by atoms with Gasteiger partial charge in [0.15, 0.2) is 17.3 Å². The summed E-state index contributed by atoms with van der Waals surface area (Å²) in [6.07, 6.45) is 0.289. The molecule has 1 aromatic carbocycles. The number of rotatable bonds is 3. The van der Waals surface area contributed by atoms with Gasteiger partial charge >= 0.3 is 0 Å². The smallest absolute Gasteiger partial charge is 0.233 e. The van der Waals surface area contributed by atoms with E-state index >= 15 is 0 Å². The fourth-order valence-corrected chi connectivity index (χ4v) is 2.61. The van der Waals surface area contributed by atoms with Gasteiger partial charge in [0.25, 0.3) is 0 Å². The molecule has 0 saturated carbocycles. The van der Waals surface area contributed by atoms with Crippen LogP contribution >= 0.6 is 11.6 Å². The lowest BCUT2D eigenvalue weighted by Gasteiger charge is -2.22. The third-order valence-electron chi connectivity index (χ3n) is 3.32. The lowest BCUT2D eigenvalue weighted by molar-refractivity contribution is 0.0907. The molecule has 0 unspecified atom stereocenters. The Bertz CT molecular complexity index is 689. The number of halogens is 1. The molecule has 0 saturated heterocycles. The first-order valence-electron chi connectivity index (χ1n) is 6.08. The monoisotopic (exact) mass is 312 g/mol. The van der Waals surface area contributed by atoms with Crippen LogP contribution in [-0.2, 0) is 11.2 Å². The normalized spacial score (nSPS) is 14.3. The number of Topliss-reactive ketones (excluding diaryl/α,β-unsaturated/α-hetero) is 2. The average Bonchev–Trinajstić information content (AvgIpc) is 2.46. The second-order valence-electron chi connectivity index (χ2n) is 4.32. The molecule has 6 nitrogen and oxygen atoms in total. The Morgan fingerprint density at radius 3 is 2.05 bits per heavy atom. The highest BCUT2D eigenvalue weighted by Crippen LogP contribution is 2.47. The lowest BCUT2D eigenvalue weighted by atomic mass is 9.88. The van der Waals surface area contributed by atoms with Gasteiger partial charge in [0.2, 0.25) is 11.6 Å². The molecule has 2 rings (SSSR count). The second-order valence-corrected chi connectivity index (χ2v) is 4.70. The molecule has 1 aromatic rings. The maximum absolute atomic E-state index is 12.3. The molecule has 0 aromatic heterocycles. The van der Waals surface area contributed by atoms with Crippen LogP contribution in [0.25, 0.3) is 0 Å². The molecule has 1 aliphatic carbocycles. The van der Waals surface area contributed by atoms with Crippen LogP contribution in [0.5, 0.6) is 17.2 Å². The minimum Gasteiger partial charge on any atom is -0.507 e. The van der Waals surface area contributed by atoms with Crippen molar-refractivity contribution >= 4 is 23.2 Å². The van der Waals surface area contributed by atoms with Gasteiger partial charge in [-0.1, -0.05) is 18.5 Å². The summed E-state index contributed by atoms with van der Waals surface area (Å²) >= 11 is 5.80. The fourth-order valence-electron chi connectivity index (χ4n) is 2.35. The Balaban J connectivity index is 2.92. The molecule has 0 spiro atoms. The van der Waals surface area contributed by atoms with Gasteiger partial charge < -0.3 is 19.7 Å². The first kappa shape index (κ1) is 15.2. The first-order valence-corrected chi connectivity index (χ1v) is 6.46. The number of hydrogen-bond donors (Lipinski definition) is 2. The molecule has 0 heterocycles. The molecule has 0 radical (unpaired) electrons. The Morgan fingerprint density at radius 2 is 1.57 bits per heavy atom. The number of allylic oxidation sites excluding steroid dienone is 2. The number of carbonyl (C=O) groups excluding carboxylic acids is 2. The summed E-state index contributed by atoms with van der Waals surface area (Å²) in [5.41, 5.74) is -0.475. The highest BCUT2D eigenvalue weighted by Gasteiger charge is 2.39. The van der Waals surface area contributed by atoms with E-state index in [1.54, 1.807) is 6.92 Å². The highest BCUT2D eigenvalue weighted by atomic mass is 35.5. The van der Waals surface area contributed by atoms with E-state index in [4.69, 9.17) is 21.1 Å². The van der Waals surface area contributed by atoms with Gasteiger partial charge in [-0.05, 0) is 6.42 Å². The molecule has 0 aliphatic heterocycles. The summed E-state index contributed by atoms with van der Waals surface area (Å²) in [7, 11) is 2.47. The van der Waals surface area contributed by atoms with E-state index in [0.29, 0.717) is 0 Å². The Morgan fingerprint density at radius 1 is 1.00 bits per heavy atom. The van der Waals surface area contributed by atoms with Crippen LogP contribution in [0.15, 0.2) is 10.8 Å². The third kappa shape index (κ3) is 1.94. The van der Waals surface area contributed by atoms with E-state index in [0.717, 1.165) is 0 Å². The van der Waals surface area contributed by atoms with E-state index in [1.165, 1.54) is 14.2 Å². The first-order chi connectivity index (χ1) is 9.90. The van der Waals surface area contributed by atoms with E-state index < -0.39 is 28.1 Å². The summed E-state index contributed by atoms with van der Waals surface area (Å²) in [5.74, 6) is -2.93. The zero-order valence-electron chi connectivity index (χ0n) is 11.6. The zero-order chi connectivity index (χ0) is 15.9. The minimum atomic E-state index is -0.808. The van der Waals surface area contributed by atoms with Gasteiger partial charge in [0.1, 0.15) is 10.8 Å². The van der Waals surface area contributed by atoms with Gasteiger partial charge in [-0.3, -0.25) is 9.59 Å². The lowest BCUT2D eigenvalue weighted by Crippen LogP contribution is -2.22. The zero-order valence-corrected chi connectivity index (χ0v) is 12.4. The number of phenolic OH excluding ortho intramolecular Hbond substituents is 2. The van der Waals surface area contributed by atoms with Crippen molar-refractivity contribution in [3.63, 3.8) is 0 Å². The fraction of sp³-hybridized carbons (Fsp3) is 0.286. The van der Waals surface area contributed by atoms with Gasteiger partial charge in [-0.25, -0.2) is 0 Å². The number of phenols is 2. The van der Waals surface area contributed by atoms with Crippen molar-refractivity contribution in [2.45, 2.75) is 13.3 Å². The highest BCUT2D eigenvalue weighted by molar-refractivity contribution is 6.50. The Kier molecular flexibility index (Phi) is 3.82. The maximum atomic E-state index is 12.3. The van der Waals surface area contributed by atoms with Gasteiger partial charge in [0, 0.05) is 5.56 Å². The summed E-state index contributed by atoms with van der Waals surface area (Å²) in [6.45, 7) is 1.71. The van der Waals surface area contributed by atoms with E-state index in [2.05, 4.69) is 0 Å². The predicted molar refractivity (Wildman–Crippen MR) is 74.3 cm³/mol. The number of aromatic hydroxyl groups is 2. The van der Waals surface area contributed by atoms with Crippen LogP contribution in [0.4, 0.5) is 0 Å². The van der Waals surface area contributed by atoms with Crippen molar-refractivity contribution in [1.29, 1.82) is 0 Å². The third-order valence-corrected chi connectivity index (χ3v) is 3.66. The molecule has 0 fully saturated rings. The van der Waals surface area contributed by atoms with E-state index in [1.807, 2.05) is 0 Å². The molecule has 0 amide bonds. The van der Waals surface area contributed by atoms with Gasteiger partial charge in [-0.15, -0.1) is 0 Å². The summed E-state index contributed by atoms with van der Waals surface area (Å²) in [5, 5.41) is 20.0. The van der Waals surface area contributed by atoms with Gasteiger partial charge in [0.05, 0.1) is 25.3 Å². The van der Waals surface area contributed by atoms with E-state index in [9.17, 15) is 19.8 Å². The van der Waals surface area contributed by atoms with Crippen LogP contribution < -0.4 is 4.74 Å². The van der Waals surface area contributed by atoms with Crippen LogP contribution in [-0.4, -0.2) is 36.0 Å². The predicted octanol–water partition coefficient (Wildman–Crippen LogP) is 2.14. The van der Waals surface area contributed by atoms with Crippen molar-refractivity contribution in [3.05, 3.63) is 27.5 Å². The number of fused-ring (bicyclic) bond motifs is 1. The molecule has 2 N–H and O–H groups in total. The van der Waals surface area contributed by atoms with Crippen LogP contribution in [0.2, 0.25) is 0 Å². The van der Waals surface area contributed by atoms with Crippen LogP contribution in [0.3, 0.4) is 0 Å². The molecular weight excluding hydrogens is 300 g/mol. The van der Waals surface area contributed by atoms with Crippen molar-refractivity contribution in [2.24, 2.45) is 0 Å². The molecule has 21 heavy (non-hydrogen) atoms. The summed E-state index contributed by atoms with van der Waals surface area (Å²) < 4.78 is 9.84. The largest absolute Gasteiger partial charge is 0.507 e. The number of carbonyl (C=O) groups is 2. The van der Waals surface area contributed by atoms with Crippen LogP contribution in [0, 0.1) is 0 Å². The topological polar surface area (TPSA) is 93.1 Å². The molecule has 7 heteroatoms. The van der Waals surface area contributed by atoms with Crippen molar-refractivity contribution in [1.82, 2.24) is 0 Å². The van der Waals surface area contributed by atoms with E-state index in [-0.39, 0.29) is 34.6 Å². The second kappa shape index (κ2) is 5.29. The molecule has 112 valence electrons. The molecule has 1 aliphatic rings. The van der Waals surface area contributed by atoms with Crippen molar-refractivity contribution in [3.8, 4) is 17.2 Å². The molecular formula is C14H13ClO6. The minimum absolute atomic E-state index is 0.0553. The number of benzene rings is 1. The summed E-state index contributed by atoms with van der Waals surface area (Å²) in [6, 6.07) is 0. The quantitative estimate of drug-likeness (QED) is 0.831. The summed E-state index contributed by atoms with van der Waals surface area (Å²) in [4.78, 5) is 24.5. The standard InChI is InChI=1S/C14H13ClO6/c1-4-5-9(16)6-7(11(18)13(5)20-2)10(17)8(15)14(21-3)12(6)19/h16,18H,4H2,1-3H3. The van der Waals surface area contributed by atoms with Crippen LogP contribution in [0.1, 0.15) is 33.2 Å². The number of ether oxygens (including phenoxy) is 2. The van der Waals surface area contributed by atoms with Crippen molar-refractivity contribution < 1.29 is 29.3 Å².